The Balaban J connectivity index is 1.43. The van der Waals surface area contributed by atoms with Gasteiger partial charge in [-0.15, -0.1) is 0 Å². The summed E-state index contributed by atoms with van der Waals surface area (Å²) in [6, 6.07) is 15.0. The quantitative estimate of drug-likeness (QED) is 0.270. The van der Waals surface area contributed by atoms with Gasteiger partial charge in [0.1, 0.15) is 24.0 Å². The number of imidazole rings is 1. The third-order valence-corrected chi connectivity index (χ3v) is 7.23. The van der Waals surface area contributed by atoms with E-state index in [-0.39, 0.29) is 18.5 Å². The van der Waals surface area contributed by atoms with Crippen molar-refractivity contribution in [3.05, 3.63) is 88.5 Å². The van der Waals surface area contributed by atoms with E-state index in [1.807, 2.05) is 30.5 Å². The standard InChI is InChI=1S/C30H27F2N5O2/c1-19(16-36-8-10-38-11-9-36)37-28-7-2-20(13-27(28)35-30(37)34-18-33)12-26-24-5-3-22(31)14-21(24)17-39-29-15-23(32)4-6-25(26)29/h2-7,12-15,19H,8-11,16-17H2,1H3,(H,34,35)/b26-12+/t19-/m1/s1. The van der Waals surface area contributed by atoms with E-state index in [0.29, 0.717) is 17.3 Å². The number of benzene rings is 3. The molecule has 3 heterocycles. The van der Waals surface area contributed by atoms with Gasteiger partial charge >= 0.3 is 0 Å². The molecule has 4 aromatic rings. The highest BCUT2D eigenvalue weighted by Gasteiger charge is 2.22. The molecule has 3 aromatic carbocycles. The number of nitriles is 1. The maximum atomic E-state index is 14.1. The number of morpholine rings is 1. The predicted molar refractivity (Wildman–Crippen MR) is 145 cm³/mol. The molecule has 1 atom stereocenters. The van der Waals surface area contributed by atoms with Gasteiger partial charge in [-0.1, -0.05) is 12.1 Å². The predicted octanol–water partition coefficient (Wildman–Crippen LogP) is 5.58. The van der Waals surface area contributed by atoms with Crippen molar-refractivity contribution < 1.29 is 18.3 Å². The Morgan fingerprint density at radius 2 is 1.82 bits per heavy atom. The van der Waals surface area contributed by atoms with Crippen LogP contribution in [0.25, 0.3) is 22.7 Å². The average Bonchev–Trinajstić information content (AvgIpc) is 3.22. The summed E-state index contributed by atoms with van der Waals surface area (Å²) in [6.07, 6.45) is 3.99. The molecule has 198 valence electrons. The molecule has 0 bridgehead atoms. The molecule has 0 radical (unpaired) electrons. The number of rotatable bonds is 5. The molecule has 2 aliphatic heterocycles. The molecule has 0 aliphatic carbocycles. The third kappa shape index (κ3) is 4.97. The van der Waals surface area contributed by atoms with Crippen LogP contribution in [0.5, 0.6) is 5.75 Å². The second-order valence-electron chi connectivity index (χ2n) is 9.84. The van der Waals surface area contributed by atoms with Gasteiger partial charge in [0.25, 0.3) is 0 Å². The Bertz CT molecular complexity index is 1560. The fraction of sp³-hybridized carbons (Fsp3) is 0.267. The SMILES string of the molecule is C[C@H](CN1CCOCC1)n1c(NC#N)nc2cc(/C=C3\c4ccc(F)cc4COc4cc(F)ccc43)ccc21. The Morgan fingerprint density at radius 1 is 1.05 bits per heavy atom. The zero-order valence-corrected chi connectivity index (χ0v) is 21.5. The van der Waals surface area contributed by atoms with E-state index >= 15 is 0 Å². The molecule has 1 aromatic heterocycles. The lowest BCUT2D eigenvalue weighted by atomic mass is 9.92. The van der Waals surface area contributed by atoms with E-state index in [4.69, 9.17) is 14.5 Å². The second-order valence-corrected chi connectivity index (χ2v) is 9.84. The van der Waals surface area contributed by atoms with Crippen molar-refractivity contribution in [2.75, 3.05) is 38.2 Å². The van der Waals surface area contributed by atoms with E-state index in [2.05, 4.69) is 21.7 Å². The number of halogens is 2. The molecule has 7 nitrogen and oxygen atoms in total. The lowest BCUT2D eigenvalue weighted by molar-refractivity contribution is 0.0329. The number of hydrogen-bond acceptors (Lipinski definition) is 6. The zero-order chi connectivity index (χ0) is 26.9. The lowest BCUT2D eigenvalue weighted by Gasteiger charge is -2.30. The molecule has 9 heteroatoms. The summed E-state index contributed by atoms with van der Waals surface area (Å²) in [5.74, 6) is 0.133. The highest BCUT2D eigenvalue weighted by molar-refractivity contribution is 5.96. The van der Waals surface area contributed by atoms with E-state index in [1.165, 1.54) is 24.3 Å². The fourth-order valence-corrected chi connectivity index (χ4v) is 5.43. The van der Waals surface area contributed by atoms with Crippen molar-refractivity contribution in [3.8, 4) is 11.9 Å². The van der Waals surface area contributed by atoms with Crippen LogP contribution in [0, 0.1) is 23.1 Å². The largest absolute Gasteiger partial charge is 0.488 e. The monoisotopic (exact) mass is 527 g/mol. The van der Waals surface area contributed by atoms with Crippen LogP contribution in [-0.2, 0) is 11.3 Å². The zero-order valence-electron chi connectivity index (χ0n) is 21.5. The van der Waals surface area contributed by atoms with E-state index < -0.39 is 5.82 Å². The van der Waals surface area contributed by atoms with Gasteiger partial charge in [-0.05, 0) is 66.1 Å². The Kier molecular flexibility index (Phi) is 6.73. The van der Waals surface area contributed by atoms with Gasteiger partial charge in [-0.3, -0.25) is 10.2 Å². The Labute approximate surface area is 224 Å². The molecular formula is C30H27F2N5O2. The summed E-state index contributed by atoms with van der Waals surface area (Å²) < 4.78 is 41.5. The van der Waals surface area contributed by atoms with Crippen molar-refractivity contribution >= 4 is 28.6 Å². The summed E-state index contributed by atoms with van der Waals surface area (Å²) >= 11 is 0. The first-order chi connectivity index (χ1) is 19.0. The van der Waals surface area contributed by atoms with Crippen LogP contribution in [0.4, 0.5) is 14.7 Å². The molecule has 0 spiro atoms. The molecule has 39 heavy (non-hydrogen) atoms. The van der Waals surface area contributed by atoms with Crippen LogP contribution in [-0.4, -0.2) is 47.3 Å². The van der Waals surface area contributed by atoms with Crippen LogP contribution < -0.4 is 10.1 Å². The van der Waals surface area contributed by atoms with Crippen molar-refractivity contribution in [1.82, 2.24) is 14.5 Å². The summed E-state index contributed by atoms with van der Waals surface area (Å²) in [4.78, 5) is 7.08. The van der Waals surface area contributed by atoms with E-state index in [0.717, 1.165) is 66.1 Å². The van der Waals surface area contributed by atoms with Gasteiger partial charge in [0.15, 0.2) is 6.19 Å². The van der Waals surface area contributed by atoms with E-state index in [1.54, 1.807) is 12.1 Å². The molecule has 1 N–H and O–H groups in total. The van der Waals surface area contributed by atoms with Crippen LogP contribution in [0.1, 0.15) is 35.2 Å². The molecule has 0 saturated carbocycles. The van der Waals surface area contributed by atoms with Crippen molar-refractivity contribution in [2.45, 2.75) is 19.6 Å². The molecule has 2 aliphatic rings. The minimum atomic E-state index is -0.402. The Morgan fingerprint density at radius 3 is 2.62 bits per heavy atom. The molecule has 1 fully saturated rings. The number of anilines is 1. The van der Waals surface area contributed by atoms with Crippen molar-refractivity contribution in [3.63, 3.8) is 0 Å². The molecular weight excluding hydrogens is 500 g/mol. The summed E-state index contributed by atoms with van der Waals surface area (Å²) in [5, 5.41) is 12.1. The Hall–Kier alpha value is -4.26. The van der Waals surface area contributed by atoms with Gasteiger partial charge < -0.3 is 14.0 Å². The fourth-order valence-electron chi connectivity index (χ4n) is 5.43. The van der Waals surface area contributed by atoms with Crippen LogP contribution in [0.2, 0.25) is 0 Å². The number of hydrogen-bond donors (Lipinski definition) is 1. The van der Waals surface area contributed by atoms with Crippen LogP contribution >= 0.6 is 0 Å². The van der Waals surface area contributed by atoms with Gasteiger partial charge in [0.05, 0.1) is 24.2 Å². The maximum Gasteiger partial charge on any atom is 0.217 e. The number of nitrogens with one attached hydrogen (secondary N) is 1. The van der Waals surface area contributed by atoms with Crippen molar-refractivity contribution in [1.29, 1.82) is 5.26 Å². The molecule has 6 rings (SSSR count). The van der Waals surface area contributed by atoms with Gasteiger partial charge in [0.2, 0.25) is 5.95 Å². The number of fused-ring (bicyclic) bond motifs is 3. The first-order valence-corrected chi connectivity index (χ1v) is 12.9. The van der Waals surface area contributed by atoms with E-state index in [9.17, 15) is 14.0 Å². The van der Waals surface area contributed by atoms with Gasteiger partial charge in [-0.2, -0.15) is 5.26 Å². The minimum absolute atomic E-state index is 0.0655. The lowest BCUT2D eigenvalue weighted by Crippen LogP contribution is -2.39. The molecule has 0 unspecified atom stereocenters. The van der Waals surface area contributed by atoms with Crippen LogP contribution in [0.15, 0.2) is 54.6 Å². The van der Waals surface area contributed by atoms with Gasteiger partial charge in [-0.25, -0.2) is 13.8 Å². The van der Waals surface area contributed by atoms with Crippen molar-refractivity contribution in [2.24, 2.45) is 0 Å². The second kappa shape index (κ2) is 10.5. The summed E-state index contributed by atoms with van der Waals surface area (Å²) in [7, 11) is 0. The minimum Gasteiger partial charge on any atom is -0.488 e. The topological polar surface area (TPSA) is 75.3 Å². The first-order valence-electron chi connectivity index (χ1n) is 12.9. The third-order valence-electron chi connectivity index (χ3n) is 7.23. The summed E-state index contributed by atoms with van der Waals surface area (Å²) in [5.41, 5.74) is 5.52. The normalized spacial score (nSPS) is 17.1. The first kappa shape index (κ1) is 25.0. The maximum absolute atomic E-state index is 14.1. The number of aromatic nitrogens is 2. The molecule has 1 saturated heterocycles. The van der Waals surface area contributed by atoms with Gasteiger partial charge in [0, 0.05) is 42.9 Å². The average molecular weight is 528 g/mol. The highest BCUT2D eigenvalue weighted by Crippen LogP contribution is 2.39. The number of ether oxygens (including phenoxy) is 2. The highest BCUT2D eigenvalue weighted by atomic mass is 19.1. The smallest absolute Gasteiger partial charge is 0.217 e. The molecule has 0 amide bonds. The van der Waals surface area contributed by atoms with Crippen LogP contribution in [0.3, 0.4) is 0 Å². The number of nitrogens with zero attached hydrogens (tertiary/aromatic N) is 4. The summed E-state index contributed by atoms with van der Waals surface area (Å²) in [6.45, 7) is 6.24.